The number of hydrogen-bond acceptors (Lipinski definition) is 3. The molecule has 84 valence electrons. The molecule has 0 fully saturated rings. The summed E-state index contributed by atoms with van der Waals surface area (Å²) in [7, 11) is 0. The van der Waals surface area contributed by atoms with Crippen molar-refractivity contribution in [3.8, 4) is 11.8 Å². The van der Waals surface area contributed by atoms with E-state index in [2.05, 4.69) is 11.1 Å². The van der Waals surface area contributed by atoms with Crippen LogP contribution in [0.2, 0.25) is 0 Å². The van der Waals surface area contributed by atoms with Gasteiger partial charge in [0.2, 0.25) is 0 Å². The normalized spacial score (nSPS) is 9.59. The zero-order valence-corrected chi connectivity index (χ0v) is 9.34. The molecule has 2 aromatic rings. The highest BCUT2D eigenvalue weighted by Gasteiger charge is 1.96. The van der Waals surface area contributed by atoms with Gasteiger partial charge < -0.3 is 4.74 Å². The van der Waals surface area contributed by atoms with Crippen LogP contribution < -0.4 is 4.74 Å². The lowest BCUT2D eigenvalue weighted by Gasteiger charge is -2.06. The second-order valence-corrected chi connectivity index (χ2v) is 3.62. The molecule has 0 saturated carbocycles. The van der Waals surface area contributed by atoms with Gasteiger partial charge >= 0.3 is 0 Å². The summed E-state index contributed by atoms with van der Waals surface area (Å²) >= 11 is 0. The average molecular weight is 224 g/mol. The SMILES string of the molecule is N#CCc1ccc(OCc2ccncc2)cc1. The molecule has 0 amide bonds. The van der Waals surface area contributed by atoms with Gasteiger partial charge in [-0.3, -0.25) is 4.98 Å². The number of hydrogen-bond donors (Lipinski definition) is 0. The van der Waals surface area contributed by atoms with Crippen LogP contribution in [0.4, 0.5) is 0 Å². The molecule has 0 saturated heterocycles. The van der Waals surface area contributed by atoms with E-state index in [9.17, 15) is 0 Å². The molecule has 0 aliphatic carbocycles. The summed E-state index contributed by atoms with van der Waals surface area (Å²) in [6.07, 6.45) is 3.92. The predicted molar refractivity (Wildman–Crippen MR) is 64.3 cm³/mol. The van der Waals surface area contributed by atoms with Crippen molar-refractivity contribution in [1.29, 1.82) is 5.26 Å². The van der Waals surface area contributed by atoms with Crippen molar-refractivity contribution >= 4 is 0 Å². The summed E-state index contributed by atoms with van der Waals surface area (Å²) in [4.78, 5) is 3.95. The highest BCUT2D eigenvalue weighted by Crippen LogP contribution is 2.14. The quantitative estimate of drug-likeness (QED) is 0.802. The predicted octanol–water partition coefficient (Wildman–Crippen LogP) is 2.73. The van der Waals surface area contributed by atoms with E-state index in [1.807, 2.05) is 36.4 Å². The molecule has 0 unspecified atom stereocenters. The van der Waals surface area contributed by atoms with Crippen LogP contribution >= 0.6 is 0 Å². The summed E-state index contributed by atoms with van der Waals surface area (Å²) < 4.78 is 5.61. The maximum Gasteiger partial charge on any atom is 0.119 e. The molecule has 0 aliphatic heterocycles. The van der Waals surface area contributed by atoms with Crippen LogP contribution in [0.25, 0.3) is 0 Å². The van der Waals surface area contributed by atoms with E-state index in [-0.39, 0.29) is 0 Å². The third-order valence-electron chi connectivity index (χ3n) is 2.36. The molecule has 1 aromatic heterocycles. The molecular weight excluding hydrogens is 212 g/mol. The Labute approximate surface area is 100 Å². The van der Waals surface area contributed by atoms with Crippen molar-refractivity contribution in [3.63, 3.8) is 0 Å². The summed E-state index contributed by atoms with van der Waals surface area (Å²) in [6.45, 7) is 0.528. The molecule has 0 radical (unpaired) electrons. The van der Waals surface area contributed by atoms with Gasteiger partial charge in [0.15, 0.2) is 0 Å². The Morgan fingerprint density at radius 3 is 2.35 bits per heavy atom. The number of ether oxygens (including phenoxy) is 1. The number of rotatable bonds is 4. The summed E-state index contributed by atoms with van der Waals surface area (Å²) in [6, 6.07) is 13.5. The first kappa shape index (κ1) is 11.2. The maximum absolute atomic E-state index is 8.55. The van der Waals surface area contributed by atoms with Gasteiger partial charge in [0.05, 0.1) is 12.5 Å². The number of nitrogens with zero attached hydrogens (tertiary/aromatic N) is 2. The van der Waals surface area contributed by atoms with Crippen molar-refractivity contribution in [1.82, 2.24) is 4.98 Å². The van der Waals surface area contributed by atoms with Crippen molar-refractivity contribution < 1.29 is 4.74 Å². The minimum atomic E-state index is 0.435. The van der Waals surface area contributed by atoms with Crippen LogP contribution in [-0.2, 0) is 13.0 Å². The van der Waals surface area contributed by atoms with E-state index < -0.39 is 0 Å². The van der Waals surface area contributed by atoms with E-state index in [1.54, 1.807) is 12.4 Å². The maximum atomic E-state index is 8.55. The molecule has 0 aliphatic rings. The second kappa shape index (κ2) is 5.66. The summed E-state index contributed by atoms with van der Waals surface area (Å²) in [5, 5.41) is 8.55. The molecule has 17 heavy (non-hydrogen) atoms. The van der Waals surface area contributed by atoms with Crippen molar-refractivity contribution in [2.24, 2.45) is 0 Å². The Morgan fingerprint density at radius 2 is 1.71 bits per heavy atom. The molecule has 0 spiro atoms. The third kappa shape index (κ3) is 3.32. The molecule has 3 heteroatoms. The second-order valence-electron chi connectivity index (χ2n) is 3.62. The lowest BCUT2D eigenvalue weighted by atomic mass is 10.2. The molecule has 3 nitrogen and oxygen atoms in total. The zero-order valence-electron chi connectivity index (χ0n) is 9.34. The van der Waals surface area contributed by atoms with Crippen LogP contribution in [0, 0.1) is 11.3 Å². The fourth-order valence-electron chi connectivity index (χ4n) is 1.44. The van der Waals surface area contributed by atoms with Crippen LogP contribution in [0.1, 0.15) is 11.1 Å². The fourth-order valence-corrected chi connectivity index (χ4v) is 1.44. The van der Waals surface area contributed by atoms with E-state index in [1.165, 1.54) is 0 Å². The molecular formula is C14H12N2O. The first-order valence-corrected chi connectivity index (χ1v) is 5.36. The van der Waals surface area contributed by atoms with Gasteiger partial charge in [0.1, 0.15) is 12.4 Å². The Balaban J connectivity index is 1.94. The first-order chi connectivity index (χ1) is 8.38. The number of benzene rings is 1. The van der Waals surface area contributed by atoms with Crippen molar-refractivity contribution in [3.05, 3.63) is 59.9 Å². The van der Waals surface area contributed by atoms with E-state index >= 15 is 0 Å². The molecule has 2 rings (SSSR count). The van der Waals surface area contributed by atoms with E-state index in [4.69, 9.17) is 10.00 Å². The van der Waals surface area contributed by atoms with Crippen molar-refractivity contribution in [2.45, 2.75) is 13.0 Å². The Bertz CT molecular complexity index is 500. The van der Waals surface area contributed by atoms with Crippen LogP contribution in [0.5, 0.6) is 5.75 Å². The highest BCUT2D eigenvalue weighted by atomic mass is 16.5. The van der Waals surface area contributed by atoms with Crippen LogP contribution in [-0.4, -0.2) is 4.98 Å². The number of pyridine rings is 1. The summed E-state index contributed by atoms with van der Waals surface area (Å²) in [5.74, 6) is 0.809. The molecule has 1 aromatic carbocycles. The molecule has 0 atom stereocenters. The summed E-state index contributed by atoms with van der Waals surface area (Å²) in [5.41, 5.74) is 2.09. The number of nitriles is 1. The first-order valence-electron chi connectivity index (χ1n) is 5.36. The number of aromatic nitrogens is 1. The van der Waals surface area contributed by atoms with Gasteiger partial charge in [-0.15, -0.1) is 0 Å². The van der Waals surface area contributed by atoms with E-state index in [0.29, 0.717) is 13.0 Å². The minimum absolute atomic E-state index is 0.435. The minimum Gasteiger partial charge on any atom is -0.489 e. The standard InChI is InChI=1S/C14H12N2O/c15-8-5-12-1-3-14(4-2-12)17-11-13-6-9-16-10-7-13/h1-4,6-7,9-10H,5,11H2. The van der Waals surface area contributed by atoms with Crippen LogP contribution in [0.3, 0.4) is 0 Å². The van der Waals surface area contributed by atoms with Crippen molar-refractivity contribution in [2.75, 3.05) is 0 Å². The molecule has 0 bridgehead atoms. The van der Waals surface area contributed by atoms with Crippen LogP contribution in [0.15, 0.2) is 48.8 Å². The van der Waals surface area contributed by atoms with Gasteiger partial charge in [0, 0.05) is 12.4 Å². The lowest BCUT2D eigenvalue weighted by molar-refractivity contribution is 0.306. The monoisotopic (exact) mass is 224 g/mol. The topological polar surface area (TPSA) is 45.9 Å². The Hall–Kier alpha value is -2.34. The largest absolute Gasteiger partial charge is 0.489 e. The smallest absolute Gasteiger partial charge is 0.119 e. The van der Waals surface area contributed by atoms with Gasteiger partial charge in [-0.2, -0.15) is 5.26 Å². The van der Waals surface area contributed by atoms with E-state index in [0.717, 1.165) is 16.9 Å². The Morgan fingerprint density at radius 1 is 1.00 bits per heavy atom. The Kier molecular flexibility index (Phi) is 3.72. The lowest BCUT2D eigenvalue weighted by Crippen LogP contribution is -1.95. The average Bonchev–Trinajstić information content (AvgIpc) is 2.40. The zero-order chi connectivity index (χ0) is 11.9. The highest BCUT2D eigenvalue weighted by molar-refractivity contribution is 5.29. The molecule has 1 heterocycles. The third-order valence-corrected chi connectivity index (χ3v) is 2.36. The van der Waals surface area contributed by atoms with Gasteiger partial charge in [-0.25, -0.2) is 0 Å². The fraction of sp³-hybridized carbons (Fsp3) is 0.143. The van der Waals surface area contributed by atoms with Gasteiger partial charge in [0.25, 0.3) is 0 Å². The van der Waals surface area contributed by atoms with Gasteiger partial charge in [-0.05, 0) is 35.4 Å². The molecule has 0 N–H and O–H groups in total. The van der Waals surface area contributed by atoms with Gasteiger partial charge in [-0.1, -0.05) is 12.1 Å².